The molecule has 1 atom stereocenters. The molecule has 106 valence electrons. The van der Waals surface area contributed by atoms with Gasteiger partial charge in [0.25, 0.3) is 0 Å². The Kier molecular flexibility index (Phi) is 5.56. The molecule has 0 spiro atoms. The van der Waals surface area contributed by atoms with Crippen LogP contribution in [0.1, 0.15) is 40.8 Å². The summed E-state index contributed by atoms with van der Waals surface area (Å²) in [6, 6.07) is 15.1. The summed E-state index contributed by atoms with van der Waals surface area (Å²) in [6.07, 6.45) is 1.14. The lowest BCUT2D eigenvalue weighted by atomic mass is 10.0. The van der Waals surface area contributed by atoms with Gasteiger partial charge in [-0.3, -0.25) is 0 Å². The van der Waals surface area contributed by atoms with Crippen LogP contribution in [0.5, 0.6) is 0 Å². The van der Waals surface area contributed by atoms with Gasteiger partial charge >= 0.3 is 0 Å². The third kappa shape index (κ3) is 4.04. The van der Waals surface area contributed by atoms with Crippen molar-refractivity contribution < 1.29 is 0 Å². The number of hydrogen-bond donors (Lipinski definition) is 0. The van der Waals surface area contributed by atoms with E-state index in [1.54, 1.807) is 0 Å². The molecule has 20 heavy (non-hydrogen) atoms. The van der Waals surface area contributed by atoms with Crippen molar-refractivity contribution in [2.24, 2.45) is 0 Å². The molecule has 0 saturated heterocycles. The van der Waals surface area contributed by atoms with E-state index in [0.29, 0.717) is 5.25 Å². The summed E-state index contributed by atoms with van der Waals surface area (Å²) in [6.45, 7) is 6.53. The summed E-state index contributed by atoms with van der Waals surface area (Å²) in [7, 11) is 0. The molecule has 0 radical (unpaired) electrons. The molecule has 2 aromatic carbocycles. The summed E-state index contributed by atoms with van der Waals surface area (Å²) in [4.78, 5) is 0. The average Bonchev–Trinajstić information content (AvgIpc) is 2.43. The largest absolute Gasteiger partial charge is 0.149 e. The Morgan fingerprint density at radius 2 is 1.75 bits per heavy atom. The van der Waals surface area contributed by atoms with Crippen LogP contribution in [0.2, 0.25) is 5.02 Å². The number of thioether (sulfide) groups is 1. The molecule has 0 saturated carbocycles. The number of rotatable bonds is 5. The van der Waals surface area contributed by atoms with Gasteiger partial charge in [-0.2, -0.15) is 0 Å². The fraction of sp³-hybridized carbons (Fsp3) is 0.333. The summed E-state index contributed by atoms with van der Waals surface area (Å²) >= 11 is 8.06. The maximum absolute atomic E-state index is 6.05. The zero-order valence-corrected chi connectivity index (χ0v) is 13.9. The average molecular weight is 305 g/mol. The molecular weight excluding hydrogens is 284 g/mol. The van der Waals surface area contributed by atoms with Crippen molar-refractivity contribution in [3.05, 3.63) is 69.7 Å². The molecule has 0 fully saturated rings. The summed E-state index contributed by atoms with van der Waals surface area (Å²) < 4.78 is 0. The van der Waals surface area contributed by atoms with E-state index < -0.39 is 0 Å². The maximum atomic E-state index is 6.05. The molecule has 0 aliphatic heterocycles. The number of benzene rings is 2. The second kappa shape index (κ2) is 7.19. The van der Waals surface area contributed by atoms with Gasteiger partial charge in [-0.05, 0) is 49.1 Å². The lowest BCUT2D eigenvalue weighted by Gasteiger charge is -2.18. The Hall–Kier alpha value is -0.920. The lowest BCUT2D eigenvalue weighted by molar-refractivity contribution is 0.886. The normalized spacial score (nSPS) is 12.4. The summed E-state index contributed by atoms with van der Waals surface area (Å²) in [5.41, 5.74) is 5.42. The van der Waals surface area contributed by atoms with Gasteiger partial charge in [-0.25, -0.2) is 0 Å². The van der Waals surface area contributed by atoms with Crippen molar-refractivity contribution in [3.8, 4) is 0 Å². The molecule has 0 bridgehead atoms. The van der Waals surface area contributed by atoms with Crippen molar-refractivity contribution in [1.29, 1.82) is 0 Å². The van der Waals surface area contributed by atoms with Crippen molar-refractivity contribution >= 4 is 23.4 Å². The Labute approximate surface area is 131 Å². The van der Waals surface area contributed by atoms with E-state index in [2.05, 4.69) is 57.2 Å². The van der Waals surface area contributed by atoms with Crippen LogP contribution >= 0.6 is 23.4 Å². The van der Waals surface area contributed by atoms with Gasteiger partial charge in [0, 0.05) is 16.0 Å². The minimum Gasteiger partial charge on any atom is -0.149 e. The van der Waals surface area contributed by atoms with Gasteiger partial charge in [0.05, 0.1) is 0 Å². The molecule has 0 aromatic heterocycles. The van der Waals surface area contributed by atoms with Crippen LogP contribution in [-0.2, 0) is 5.75 Å². The van der Waals surface area contributed by atoms with Gasteiger partial charge in [0.15, 0.2) is 0 Å². The predicted octanol–water partition coefficient (Wildman–Crippen LogP) is 6.34. The van der Waals surface area contributed by atoms with Crippen LogP contribution < -0.4 is 0 Å². The second-order valence-electron chi connectivity index (χ2n) is 5.19. The first-order valence-electron chi connectivity index (χ1n) is 7.03. The van der Waals surface area contributed by atoms with Crippen LogP contribution in [0.3, 0.4) is 0 Å². The van der Waals surface area contributed by atoms with E-state index >= 15 is 0 Å². The monoisotopic (exact) mass is 304 g/mol. The molecule has 0 amide bonds. The molecule has 0 nitrogen and oxygen atoms in total. The zero-order valence-electron chi connectivity index (χ0n) is 12.3. The van der Waals surface area contributed by atoms with Crippen LogP contribution in [0, 0.1) is 13.8 Å². The molecule has 0 N–H and O–H groups in total. The number of hydrogen-bond acceptors (Lipinski definition) is 1. The lowest BCUT2D eigenvalue weighted by Crippen LogP contribution is -1.97. The van der Waals surface area contributed by atoms with E-state index in [0.717, 1.165) is 17.2 Å². The third-order valence-electron chi connectivity index (χ3n) is 3.52. The molecule has 0 aliphatic carbocycles. The van der Waals surface area contributed by atoms with Crippen LogP contribution in [-0.4, -0.2) is 0 Å². The van der Waals surface area contributed by atoms with Gasteiger partial charge in [-0.15, -0.1) is 11.8 Å². The first-order valence-corrected chi connectivity index (χ1v) is 8.46. The topological polar surface area (TPSA) is 0 Å². The Morgan fingerprint density at radius 1 is 1.05 bits per heavy atom. The smallest absolute Gasteiger partial charge is 0.0408 e. The molecule has 2 heteroatoms. The number of aryl methyl sites for hydroxylation is 2. The van der Waals surface area contributed by atoms with Crippen molar-refractivity contribution in [1.82, 2.24) is 0 Å². The van der Waals surface area contributed by atoms with Crippen molar-refractivity contribution in [2.45, 2.75) is 38.2 Å². The Balaban J connectivity index is 2.07. The highest BCUT2D eigenvalue weighted by atomic mass is 35.5. The highest BCUT2D eigenvalue weighted by Crippen LogP contribution is 2.36. The molecule has 0 aliphatic rings. The van der Waals surface area contributed by atoms with E-state index in [-0.39, 0.29) is 0 Å². The fourth-order valence-electron chi connectivity index (χ4n) is 2.31. The SMILES string of the molecule is CCC(SCc1ccc(C)cc1)c1ccc(Cl)cc1C. The van der Waals surface area contributed by atoms with Crippen LogP contribution in [0.25, 0.3) is 0 Å². The molecule has 1 unspecified atom stereocenters. The molecule has 2 rings (SSSR count). The second-order valence-corrected chi connectivity index (χ2v) is 6.82. The fourth-order valence-corrected chi connectivity index (χ4v) is 3.80. The van der Waals surface area contributed by atoms with Gasteiger partial charge in [0.2, 0.25) is 0 Å². The summed E-state index contributed by atoms with van der Waals surface area (Å²) in [5.74, 6) is 1.06. The van der Waals surface area contributed by atoms with Gasteiger partial charge in [0.1, 0.15) is 0 Å². The van der Waals surface area contributed by atoms with Gasteiger partial charge in [-0.1, -0.05) is 54.4 Å². The number of halogens is 1. The maximum Gasteiger partial charge on any atom is 0.0408 e. The zero-order chi connectivity index (χ0) is 14.5. The van der Waals surface area contributed by atoms with Gasteiger partial charge < -0.3 is 0 Å². The van der Waals surface area contributed by atoms with Crippen LogP contribution in [0.4, 0.5) is 0 Å². The van der Waals surface area contributed by atoms with Crippen LogP contribution in [0.15, 0.2) is 42.5 Å². The highest BCUT2D eigenvalue weighted by Gasteiger charge is 2.12. The van der Waals surface area contributed by atoms with E-state index in [1.165, 1.54) is 22.3 Å². The predicted molar refractivity (Wildman–Crippen MR) is 91.7 cm³/mol. The Morgan fingerprint density at radius 3 is 2.35 bits per heavy atom. The minimum absolute atomic E-state index is 0.536. The Bertz CT molecular complexity index is 560. The first-order chi connectivity index (χ1) is 9.60. The quantitative estimate of drug-likeness (QED) is 0.621. The summed E-state index contributed by atoms with van der Waals surface area (Å²) in [5, 5.41) is 1.36. The van der Waals surface area contributed by atoms with Crippen molar-refractivity contribution in [2.75, 3.05) is 0 Å². The van der Waals surface area contributed by atoms with E-state index in [1.807, 2.05) is 17.8 Å². The highest BCUT2D eigenvalue weighted by molar-refractivity contribution is 7.98. The minimum atomic E-state index is 0.536. The third-order valence-corrected chi connectivity index (χ3v) is 5.25. The standard InChI is InChI=1S/C18H21ClS/c1-4-18(17-10-9-16(19)11-14(17)3)20-12-15-7-5-13(2)6-8-15/h5-11,18H,4,12H2,1-3H3. The van der Waals surface area contributed by atoms with E-state index in [9.17, 15) is 0 Å². The molecule has 0 heterocycles. The first kappa shape index (κ1) is 15.5. The van der Waals surface area contributed by atoms with E-state index in [4.69, 9.17) is 11.6 Å². The van der Waals surface area contributed by atoms with Crippen molar-refractivity contribution in [3.63, 3.8) is 0 Å². The molecule has 2 aromatic rings. The molecular formula is C18H21ClS.